The van der Waals surface area contributed by atoms with Crippen LogP contribution in [0.25, 0.3) is 0 Å². The maximum Gasteiger partial charge on any atom is 0.308 e. The molecule has 0 amide bonds. The van der Waals surface area contributed by atoms with Crippen molar-refractivity contribution in [3.05, 3.63) is 0 Å². The zero-order valence-corrected chi connectivity index (χ0v) is 8.21. The third-order valence-electron chi connectivity index (χ3n) is 2.67. The molecule has 0 bridgehead atoms. The normalized spacial score (nSPS) is 18.9. The molecule has 1 atom stereocenters. The minimum absolute atomic E-state index is 0.226. The van der Waals surface area contributed by atoms with Gasteiger partial charge >= 0.3 is 5.97 Å². The molecule has 74 valence electrons. The van der Waals surface area contributed by atoms with Gasteiger partial charge in [-0.05, 0) is 12.8 Å². The molecule has 1 rings (SSSR count). The van der Waals surface area contributed by atoms with Crippen LogP contribution in [0.3, 0.4) is 0 Å². The van der Waals surface area contributed by atoms with Gasteiger partial charge in [-0.3, -0.25) is 9.59 Å². The molecule has 0 heterocycles. The molecule has 0 spiro atoms. The molecule has 1 unspecified atom stereocenters. The fraction of sp³-hybridized carbons (Fsp3) is 0.800. The standard InChI is InChI=1S/C10H16O3/c1-7(10(12)13-2)6-9(11)8-4-3-5-8/h7-8H,3-6H2,1-2H3. The number of esters is 1. The van der Waals surface area contributed by atoms with E-state index in [9.17, 15) is 9.59 Å². The highest BCUT2D eigenvalue weighted by molar-refractivity contribution is 5.86. The highest BCUT2D eigenvalue weighted by Gasteiger charge is 2.27. The lowest BCUT2D eigenvalue weighted by Gasteiger charge is -2.24. The Morgan fingerprint density at radius 3 is 2.46 bits per heavy atom. The first-order chi connectivity index (χ1) is 6.15. The molecular weight excluding hydrogens is 168 g/mol. The molecule has 13 heavy (non-hydrogen) atoms. The molecule has 0 aromatic carbocycles. The van der Waals surface area contributed by atoms with E-state index in [0.717, 1.165) is 19.3 Å². The quantitative estimate of drug-likeness (QED) is 0.623. The summed E-state index contributed by atoms with van der Waals surface area (Å²) < 4.78 is 4.55. The largest absolute Gasteiger partial charge is 0.469 e. The molecule has 0 saturated heterocycles. The third kappa shape index (κ3) is 2.54. The van der Waals surface area contributed by atoms with Crippen molar-refractivity contribution in [2.24, 2.45) is 11.8 Å². The van der Waals surface area contributed by atoms with Gasteiger partial charge in [0.15, 0.2) is 0 Å². The summed E-state index contributed by atoms with van der Waals surface area (Å²) in [6, 6.07) is 0. The summed E-state index contributed by atoms with van der Waals surface area (Å²) in [6.45, 7) is 1.74. The van der Waals surface area contributed by atoms with Gasteiger partial charge in [0.05, 0.1) is 13.0 Å². The molecule has 0 N–H and O–H groups in total. The van der Waals surface area contributed by atoms with E-state index in [0.29, 0.717) is 6.42 Å². The van der Waals surface area contributed by atoms with E-state index >= 15 is 0 Å². The average Bonchev–Trinajstić information content (AvgIpc) is 1.99. The van der Waals surface area contributed by atoms with Gasteiger partial charge in [0.1, 0.15) is 5.78 Å². The molecule has 3 heteroatoms. The summed E-state index contributed by atoms with van der Waals surface area (Å²) in [7, 11) is 1.35. The minimum atomic E-state index is -0.285. The minimum Gasteiger partial charge on any atom is -0.469 e. The fourth-order valence-corrected chi connectivity index (χ4v) is 1.48. The van der Waals surface area contributed by atoms with Crippen molar-refractivity contribution in [2.45, 2.75) is 32.6 Å². The van der Waals surface area contributed by atoms with E-state index in [1.54, 1.807) is 6.92 Å². The van der Waals surface area contributed by atoms with Gasteiger partial charge in [-0.15, -0.1) is 0 Å². The van der Waals surface area contributed by atoms with Crippen molar-refractivity contribution < 1.29 is 14.3 Å². The number of hydrogen-bond acceptors (Lipinski definition) is 3. The first-order valence-electron chi connectivity index (χ1n) is 4.75. The smallest absolute Gasteiger partial charge is 0.308 e. The van der Waals surface area contributed by atoms with E-state index in [1.165, 1.54) is 7.11 Å². The maximum absolute atomic E-state index is 11.4. The van der Waals surface area contributed by atoms with Crippen molar-refractivity contribution in [3.8, 4) is 0 Å². The number of carbonyl (C=O) groups excluding carboxylic acids is 2. The molecule has 1 aliphatic rings. The Morgan fingerprint density at radius 1 is 1.46 bits per heavy atom. The second-order valence-corrected chi connectivity index (χ2v) is 3.72. The van der Waals surface area contributed by atoms with Gasteiger partial charge < -0.3 is 4.74 Å². The van der Waals surface area contributed by atoms with Crippen LogP contribution in [-0.2, 0) is 14.3 Å². The van der Waals surface area contributed by atoms with Gasteiger partial charge in [-0.2, -0.15) is 0 Å². The number of ketones is 1. The van der Waals surface area contributed by atoms with Gasteiger partial charge in [-0.25, -0.2) is 0 Å². The number of methoxy groups -OCH3 is 1. The van der Waals surface area contributed by atoms with Crippen LogP contribution < -0.4 is 0 Å². The van der Waals surface area contributed by atoms with Crippen LogP contribution in [0.4, 0.5) is 0 Å². The highest BCUT2D eigenvalue weighted by Crippen LogP contribution is 2.29. The fourth-order valence-electron chi connectivity index (χ4n) is 1.48. The molecular formula is C10H16O3. The second kappa shape index (κ2) is 4.40. The summed E-state index contributed by atoms with van der Waals surface area (Å²) >= 11 is 0. The summed E-state index contributed by atoms with van der Waals surface area (Å²) in [4.78, 5) is 22.5. The number of rotatable bonds is 4. The van der Waals surface area contributed by atoms with E-state index in [4.69, 9.17) is 0 Å². The predicted octanol–water partition coefficient (Wildman–Crippen LogP) is 1.55. The van der Waals surface area contributed by atoms with Crippen LogP contribution in [0.15, 0.2) is 0 Å². The molecule has 3 nitrogen and oxygen atoms in total. The second-order valence-electron chi connectivity index (χ2n) is 3.72. The Balaban J connectivity index is 2.30. The lowest BCUT2D eigenvalue weighted by molar-refractivity contribution is -0.147. The van der Waals surface area contributed by atoms with E-state index in [1.807, 2.05) is 0 Å². The topological polar surface area (TPSA) is 43.4 Å². The van der Waals surface area contributed by atoms with Crippen LogP contribution in [0.5, 0.6) is 0 Å². The van der Waals surface area contributed by atoms with E-state index in [2.05, 4.69) is 4.74 Å². The Morgan fingerprint density at radius 2 is 2.08 bits per heavy atom. The van der Waals surface area contributed by atoms with Crippen molar-refractivity contribution in [1.29, 1.82) is 0 Å². The van der Waals surface area contributed by atoms with Crippen molar-refractivity contribution in [1.82, 2.24) is 0 Å². The van der Waals surface area contributed by atoms with Gasteiger partial charge in [-0.1, -0.05) is 13.3 Å². The summed E-state index contributed by atoms with van der Waals surface area (Å²) in [5.41, 5.74) is 0. The SMILES string of the molecule is COC(=O)C(C)CC(=O)C1CCC1. The molecule has 1 saturated carbocycles. The lowest BCUT2D eigenvalue weighted by atomic mass is 9.79. The Labute approximate surface area is 78.5 Å². The Kier molecular flexibility index (Phi) is 3.46. The Hall–Kier alpha value is -0.860. The van der Waals surface area contributed by atoms with Crippen LogP contribution in [0.2, 0.25) is 0 Å². The monoisotopic (exact) mass is 184 g/mol. The Bertz CT molecular complexity index is 206. The zero-order valence-electron chi connectivity index (χ0n) is 8.21. The van der Waals surface area contributed by atoms with Crippen molar-refractivity contribution in [2.75, 3.05) is 7.11 Å². The van der Waals surface area contributed by atoms with Crippen LogP contribution in [0.1, 0.15) is 32.6 Å². The van der Waals surface area contributed by atoms with Gasteiger partial charge in [0, 0.05) is 12.3 Å². The van der Waals surface area contributed by atoms with Crippen molar-refractivity contribution >= 4 is 11.8 Å². The first kappa shape index (κ1) is 10.2. The molecule has 0 aromatic rings. The van der Waals surface area contributed by atoms with Gasteiger partial charge in [0.25, 0.3) is 0 Å². The molecule has 0 aliphatic heterocycles. The van der Waals surface area contributed by atoms with Crippen LogP contribution in [-0.4, -0.2) is 18.9 Å². The molecule has 1 fully saturated rings. The van der Waals surface area contributed by atoms with E-state index in [-0.39, 0.29) is 23.6 Å². The average molecular weight is 184 g/mol. The number of carbonyl (C=O) groups is 2. The zero-order chi connectivity index (χ0) is 9.84. The lowest BCUT2D eigenvalue weighted by Crippen LogP contribution is -2.26. The molecule has 0 radical (unpaired) electrons. The summed E-state index contributed by atoms with van der Waals surface area (Å²) in [5.74, 6) is -0.109. The van der Waals surface area contributed by atoms with Crippen molar-refractivity contribution in [3.63, 3.8) is 0 Å². The molecule has 0 aromatic heterocycles. The predicted molar refractivity (Wildman–Crippen MR) is 48.1 cm³/mol. The summed E-state index contributed by atoms with van der Waals surface area (Å²) in [6.07, 6.45) is 3.51. The number of hydrogen-bond donors (Lipinski definition) is 0. The highest BCUT2D eigenvalue weighted by atomic mass is 16.5. The number of Topliss-reactive ketones (excluding diaryl/α,β-unsaturated/α-hetero) is 1. The first-order valence-corrected chi connectivity index (χ1v) is 4.75. The molecule has 1 aliphatic carbocycles. The number of ether oxygens (including phenoxy) is 1. The van der Waals surface area contributed by atoms with Gasteiger partial charge in [0.2, 0.25) is 0 Å². The maximum atomic E-state index is 11.4. The van der Waals surface area contributed by atoms with Crippen LogP contribution in [0, 0.1) is 11.8 Å². The third-order valence-corrected chi connectivity index (χ3v) is 2.67. The van der Waals surface area contributed by atoms with Crippen LogP contribution >= 0.6 is 0 Å². The summed E-state index contributed by atoms with van der Waals surface area (Å²) in [5, 5.41) is 0. The van der Waals surface area contributed by atoms with E-state index < -0.39 is 0 Å².